The third-order valence-corrected chi connectivity index (χ3v) is 3.29. The van der Waals surface area contributed by atoms with Crippen molar-refractivity contribution in [2.24, 2.45) is 5.41 Å². The Morgan fingerprint density at radius 2 is 2.12 bits per heavy atom. The van der Waals surface area contributed by atoms with E-state index in [2.05, 4.69) is 19.2 Å². The molecular formula is C13H18N2O. The zero-order valence-corrected chi connectivity index (χ0v) is 10.0. The number of carbonyl (C=O) groups is 1. The fourth-order valence-electron chi connectivity index (χ4n) is 1.87. The largest absolute Gasteiger partial charge is 0.398 e. The summed E-state index contributed by atoms with van der Waals surface area (Å²) < 4.78 is 0. The third-order valence-electron chi connectivity index (χ3n) is 3.29. The first-order valence-corrected chi connectivity index (χ1v) is 5.57. The van der Waals surface area contributed by atoms with Crippen LogP contribution in [0.2, 0.25) is 0 Å². The van der Waals surface area contributed by atoms with Gasteiger partial charge in [-0.05, 0) is 37.0 Å². The number of hydrogen-bond acceptors (Lipinski definition) is 3. The molecule has 1 aliphatic rings. The van der Waals surface area contributed by atoms with Crippen LogP contribution < -0.4 is 11.1 Å². The molecule has 1 fully saturated rings. The van der Waals surface area contributed by atoms with Crippen molar-refractivity contribution in [1.82, 2.24) is 0 Å². The Morgan fingerprint density at radius 3 is 2.62 bits per heavy atom. The molecule has 1 aromatic carbocycles. The van der Waals surface area contributed by atoms with Crippen LogP contribution in [0.15, 0.2) is 18.2 Å². The van der Waals surface area contributed by atoms with Gasteiger partial charge in [0.2, 0.25) is 0 Å². The molecule has 1 unspecified atom stereocenters. The number of Topliss-reactive ketones (excluding diaryl/α,β-unsaturated/α-hetero) is 1. The summed E-state index contributed by atoms with van der Waals surface area (Å²) >= 11 is 0. The van der Waals surface area contributed by atoms with Crippen LogP contribution in [0, 0.1) is 5.41 Å². The summed E-state index contributed by atoms with van der Waals surface area (Å²) in [6.07, 6.45) is 1.17. The molecule has 0 aromatic heterocycles. The van der Waals surface area contributed by atoms with Gasteiger partial charge in [0.05, 0.1) is 0 Å². The van der Waals surface area contributed by atoms with E-state index < -0.39 is 0 Å². The highest BCUT2D eigenvalue weighted by atomic mass is 16.1. The van der Waals surface area contributed by atoms with Crippen molar-refractivity contribution in [2.75, 3.05) is 11.1 Å². The number of rotatable bonds is 3. The van der Waals surface area contributed by atoms with E-state index in [1.165, 1.54) is 13.3 Å². The molecule has 0 spiro atoms. The molecule has 1 atom stereocenters. The molecule has 1 aromatic rings. The van der Waals surface area contributed by atoms with Gasteiger partial charge in [-0.3, -0.25) is 4.79 Å². The molecule has 1 aliphatic carbocycles. The molecule has 1 saturated carbocycles. The van der Waals surface area contributed by atoms with Crippen LogP contribution in [0.5, 0.6) is 0 Å². The topological polar surface area (TPSA) is 55.1 Å². The van der Waals surface area contributed by atoms with Crippen molar-refractivity contribution in [3.8, 4) is 0 Å². The summed E-state index contributed by atoms with van der Waals surface area (Å²) in [5.74, 6) is 0.0104. The van der Waals surface area contributed by atoms with Gasteiger partial charge in [-0.25, -0.2) is 0 Å². The van der Waals surface area contributed by atoms with E-state index in [1.807, 2.05) is 12.1 Å². The average molecular weight is 218 g/mol. The van der Waals surface area contributed by atoms with Crippen molar-refractivity contribution >= 4 is 17.2 Å². The summed E-state index contributed by atoms with van der Waals surface area (Å²) in [7, 11) is 0. The number of nitrogens with one attached hydrogen (secondary N) is 1. The Hall–Kier alpha value is -1.51. The highest BCUT2D eigenvalue weighted by Crippen LogP contribution is 2.46. The first kappa shape index (κ1) is 11.0. The normalized spacial score (nSPS) is 21.6. The van der Waals surface area contributed by atoms with Crippen LogP contribution in [-0.4, -0.2) is 11.8 Å². The summed E-state index contributed by atoms with van der Waals surface area (Å²) in [6, 6.07) is 6.06. The number of benzene rings is 1. The van der Waals surface area contributed by atoms with E-state index in [0.29, 0.717) is 22.7 Å². The molecule has 0 saturated heterocycles. The lowest BCUT2D eigenvalue weighted by Crippen LogP contribution is -2.09. The van der Waals surface area contributed by atoms with Crippen LogP contribution in [0.1, 0.15) is 37.6 Å². The number of ketones is 1. The zero-order chi connectivity index (χ0) is 11.9. The average Bonchev–Trinajstić information content (AvgIpc) is 2.76. The first-order valence-electron chi connectivity index (χ1n) is 5.57. The van der Waals surface area contributed by atoms with Gasteiger partial charge in [0.1, 0.15) is 0 Å². The van der Waals surface area contributed by atoms with E-state index in [4.69, 9.17) is 5.73 Å². The van der Waals surface area contributed by atoms with Crippen molar-refractivity contribution in [2.45, 2.75) is 33.2 Å². The molecule has 0 radical (unpaired) electrons. The van der Waals surface area contributed by atoms with Gasteiger partial charge in [0.15, 0.2) is 5.78 Å². The number of carbonyl (C=O) groups excluding carboxylic acids is 1. The third kappa shape index (κ3) is 2.03. The second-order valence-corrected chi connectivity index (χ2v) is 5.25. The quantitative estimate of drug-likeness (QED) is 0.605. The number of nitrogens with two attached hydrogens (primary N) is 1. The monoisotopic (exact) mass is 218 g/mol. The maximum atomic E-state index is 11.3. The van der Waals surface area contributed by atoms with Crippen LogP contribution in [0.4, 0.5) is 11.4 Å². The maximum Gasteiger partial charge on any atom is 0.161 e. The first-order chi connectivity index (χ1) is 7.40. The van der Waals surface area contributed by atoms with Gasteiger partial charge in [0.25, 0.3) is 0 Å². The second kappa shape index (κ2) is 3.51. The Balaban J connectivity index is 2.17. The lowest BCUT2D eigenvalue weighted by Gasteiger charge is -2.10. The SMILES string of the molecule is CC(=O)c1cc(NC2CC2(C)C)ccc1N. The van der Waals surface area contributed by atoms with Gasteiger partial charge < -0.3 is 11.1 Å². The predicted molar refractivity (Wildman–Crippen MR) is 66.7 cm³/mol. The molecule has 0 bridgehead atoms. The molecule has 2 rings (SSSR count). The summed E-state index contributed by atoms with van der Waals surface area (Å²) in [5, 5.41) is 3.42. The van der Waals surface area contributed by atoms with Gasteiger partial charge in [0, 0.05) is 23.0 Å². The Morgan fingerprint density at radius 1 is 1.50 bits per heavy atom. The summed E-state index contributed by atoms with van der Waals surface area (Å²) in [5.41, 5.74) is 8.25. The Kier molecular flexibility index (Phi) is 2.41. The molecule has 0 aliphatic heterocycles. The zero-order valence-electron chi connectivity index (χ0n) is 10.0. The highest BCUT2D eigenvalue weighted by Gasteiger charge is 2.45. The van der Waals surface area contributed by atoms with Gasteiger partial charge in [-0.15, -0.1) is 0 Å². The van der Waals surface area contributed by atoms with Crippen molar-refractivity contribution in [1.29, 1.82) is 0 Å². The highest BCUT2D eigenvalue weighted by molar-refractivity contribution is 6.00. The molecule has 3 nitrogen and oxygen atoms in total. The van der Waals surface area contributed by atoms with Crippen LogP contribution in [-0.2, 0) is 0 Å². The van der Waals surface area contributed by atoms with E-state index in [9.17, 15) is 4.79 Å². The molecule has 3 N–H and O–H groups in total. The Labute approximate surface area is 96.0 Å². The lowest BCUT2D eigenvalue weighted by atomic mass is 10.1. The van der Waals surface area contributed by atoms with E-state index in [0.717, 1.165) is 5.69 Å². The Bertz CT molecular complexity index is 438. The van der Waals surface area contributed by atoms with Crippen LogP contribution in [0.3, 0.4) is 0 Å². The molecule has 16 heavy (non-hydrogen) atoms. The molecular weight excluding hydrogens is 200 g/mol. The fraction of sp³-hybridized carbons (Fsp3) is 0.462. The second-order valence-electron chi connectivity index (χ2n) is 5.25. The predicted octanol–water partition coefficient (Wildman–Crippen LogP) is 2.68. The van der Waals surface area contributed by atoms with Gasteiger partial charge in [-0.1, -0.05) is 13.8 Å². The van der Waals surface area contributed by atoms with E-state index in [1.54, 1.807) is 6.07 Å². The lowest BCUT2D eigenvalue weighted by molar-refractivity contribution is 0.101. The minimum Gasteiger partial charge on any atom is -0.398 e. The molecule has 3 heteroatoms. The number of nitrogen functional groups attached to an aromatic ring is 1. The molecule has 0 amide bonds. The van der Waals surface area contributed by atoms with Gasteiger partial charge >= 0.3 is 0 Å². The van der Waals surface area contributed by atoms with Gasteiger partial charge in [-0.2, -0.15) is 0 Å². The minimum atomic E-state index is 0.0104. The smallest absolute Gasteiger partial charge is 0.161 e. The minimum absolute atomic E-state index is 0.0104. The summed E-state index contributed by atoms with van der Waals surface area (Å²) in [4.78, 5) is 11.3. The van der Waals surface area contributed by atoms with Crippen molar-refractivity contribution in [3.63, 3.8) is 0 Å². The number of hydrogen-bond donors (Lipinski definition) is 2. The summed E-state index contributed by atoms with van der Waals surface area (Å²) in [6.45, 7) is 6.00. The number of anilines is 2. The van der Waals surface area contributed by atoms with Crippen LogP contribution in [0.25, 0.3) is 0 Å². The van der Waals surface area contributed by atoms with E-state index >= 15 is 0 Å². The standard InChI is InChI=1S/C13H18N2O/c1-8(16)10-6-9(4-5-11(10)14)15-12-7-13(12,2)3/h4-6,12,15H,7,14H2,1-3H3. The van der Waals surface area contributed by atoms with Crippen molar-refractivity contribution < 1.29 is 4.79 Å². The molecule has 86 valence electrons. The van der Waals surface area contributed by atoms with Crippen LogP contribution >= 0.6 is 0 Å². The van der Waals surface area contributed by atoms with E-state index in [-0.39, 0.29) is 5.78 Å². The maximum absolute atomic E-state index is 11.3. The molecule has 0 heterocycles. The van der Waals surface area contributed by atoms with Crippen molar-refractivity contribution in [3.05, 3.63) is 23.8 Å². The fourth-order valence-corrected chi connectivity index (χ4v) is 1.87.